The van der Waals surface area contributed by atoms with E-state index < -0.39 is 15.9 Å². The smallest absolute Gasteiger partial charge is 0.245 e. The molecule has 0 fully saturated rings. The lowest BCUT2D eigenvalue weighted by Gasteiger charge is -2.22. The number of nitrogens with one attached hydrogen (secondary N) is 1. The number of aryl methyl sites for hydroxylation is 1. The summed E-state index contributed by atoms with van der Waals surface area (Å²) in [5.41, 5.74) is 1.83. The normalized spacial score (nSPS) is 11.2. The van der Waals surface area contributed by atoms with E-state index in [-0.39, 0.29) is 11.6 Å². The molecule has 2 aromatic carbocycles. The molecule has 1 N–H and O–H groups in total. The van der Waals surface area contributed by atoms with Crippen molar-refractivity contribution in [3.05, 3.63) is 58.1 Å². The van der Waals surface area contributed by atoms with Gasteiger partial charge in [0.15, 0.2) is 0 Å². The van der Waals surface area contributed by atoms with Gasteiger partial charge in [0, 0.05) is 0 Å². The Morgan fingerprint density at radius 2 is 1.76 bits per heavy atom. The minimum absolute atomic E-state index is 0.204. The van der Waals surface area contributed by atoms with Crippen molar-refractivity contribution in [1.82, 2.24) is 0 Å². The number of benzene rings is 2. The lowest BCUT2D eigenvalue weighted by Crippen LogP contribution is -2.37. The third kappa shape index (κ3) is 5.11. The molecule has 0 bridgehead atoms. The van der Waals surface area contributed by atoms with Gasteiger partial charge in [-0.05, 0) is 36.2 Å². The number of sulfonamides is 1. The summed E-state index contributed by atoms with van der Waals surface area (Å²) in [4.78, 5) is 12.3. The Morgan fingerprint density at radius 1 is 1.12 bits per heavy atom. The van der Waals surface area contributed by atoms with Gasteiger partial charge in [-0.2, -0.15) is 0 Å². The monoisotopic (exact) mass is 400 g/mol. The maximum atomic E-state index is 12.3. The van der Waals surface area contributed by atoms with E-state index >= 15 is 0 Å². The summed E-state index contributed by atoms with van der Waals surface area (Å²) in [6, 6.07) is 11.9. The molecule has 0 radical (unpaired) electrons. The highest BCUT2D eigenvalue weighted by Gasteiger charge is 2.21. The van der Waals surface area contributed by atoms with Crippen LogP contribution >= 0.6 is 23.2 Å². The van der Waals surface area contributed by atoms with Gasteiger partial charge in [-0.25, -0.2) is 8.42 Å². The van der Waals surface area contributed by atoms with Crippen molar-refractivity contribution >= 4 is 50.5 Å². The second-order valence-corrected chi connectivity index (χ2v) is 8.13. The molecule has 0 saturated heterocycles. The SMILES string of the molecule is CCc1ccc(N(CC(=O)Nc2cccc(Cl)c2Cl)S(C)(=O)=O)cc1. The first-order valence-electron chi connectivity index (χ1n) is 7.53. The number of hydrogen-bond donors (Lipinski definition) is 1. The van der Waals surface area contributed by atoms with Crippen molar-refractivity contribution in [3.63, 3.8) is 0 Å². The van der Waals surface area contributed by atoms with Crippen molar-refractivity contribution in [2.24, 2.45) is 0 Å². The van der Waals surface area contributed by atoms with Crippen molar-refractivity contribution < 1.29 is 13.2 Å². The minimum Gasteiger partial charge on any atom is -0.323 e. The van der Waals surface area contributed by atoms with Gasteiger partial charge in [0.2, 0.25) is 15.9 Å². The fourth-order valence-electron chi connectivity index (χ4n) is 2.22. The Hall–Kier alpha value is -1.76. The van der Waals surface area contributed by atoms with E-state index in [0.717, 1.165) is 22.5 Å². The number of amides is 1. The van der Waals surface area contributed by atoms with E-state index in [0.29, 0.717) is 16.4 Å². The highest BCUT2D eigenvalue weighted by atomic mass is 35.5. The predicted octanol–water partition coefficient (Wildman–Crippen LogP) is 3.96. The van der Waals surface area contributed by atoms with Crippen LogP contribution < -0.4 is 9.62 Å². The van der Waals surface area contributed by atoms with Crippen LogP contribution in [0.3, 0.4) is 0 Å². The van der Waals surface area contributed by atoms with E-state index in [4.69, 9.17) is 23.2 Å². The molecule has 0 heterocycles. The highest BCUT2D eigenvalue weighted by Crippen LogP contribution is 2.29. The summed E-state index contributed by atoms with van der Waals surface area (Å²) in [5, 5.41) is 3.09. The molecule has 25 heavy (non-hydrogen) atoms. The molecule has 1 amide bonds. The van der Waals surface area contributed by atoms with E-state index in [9.17, 15) is 13.2 Å². The molecular weight excluding hydrogens is 383 g/mol. The molecule has 2 rings (SSSR count). The van der Waals surface area contributed by atoms with Gasteiger partial charge in [0.25, 0.3) is 0 Å². The lowest BCUT2D eigenvalue weighted by atomic mass is 10.1. The number of carbonyl (C=O) groups excluding carboxylic acids is 1. The van der Waals surface area contributed by atoms with Crippen LogP contribution in [-0.4, -0.2) is 27.1 Å². The predicted molar refractivity (Wildman–Crippen MR) is 103 cm³/mol. The van der Waals surface area contributed by atoms with E-state index in [2.05, 4.69) is 5.32 Å². The van der Waals surface area contributed by atoms with Gasteiger partial charge >= 0.3 is 0 Å². The Labute approximate surface area is 157 Å². The third-order valence-electron chi connectivity index (χ3n) is 3.55. The molecule has 0 unspecified atom stereocenters. The van der Waals surface area contributed by atoms with E-state index in [1.807, 2.05) is 19.1 Å². The van der Waals surface area contributed by atoms with Crippen LogP contribution in [0.2, 0.25) is 10.0 Å². The summed E-state index contributed by atoms with van der Waals surface area (Å²) in [6.45, 7) is 1.64. The first kappa shape index (κ1) is 19.6. The topological polar surface area (TPSA) is 66.5 Å². The molecule has 0 aliphatic heterocycles. The lowest BCUT2D eigenvalue weighted by molar-refractivity contribution is -0.114. The van der Waals surface area contributed by atoms with Crippen molar-refractivity contribution in [2.45, 2.75) is 13.3 Å². The van der Waals surface area contributed by atoms with Crippen molar-refractivity contribution in [3.8, 4) is 0 Å². The summed E-state index contributed by atoms with van der Waals surface area (Å²) >= 11 is 11.9. The first-order valence-corrected chi connectivity index (χ1v) is 10.1. The molecule has 134 valence electrons. The first-order chi connectivity index (χ1) is 11.7. The summed E-state index contributed by atoms with van der Waals surface area (Å²) in [6.07, 6.45) is 1.90. The van der Waals surface area contributed by atoms with Gasteiger partial charge in [-0.3, -0.25) is 9.10 Å². The Bertz CT molecular complexity index is 868. The summed E-state index contributed by atoms with van der Waals surface area (Å²) < 4.78 is 25.2. The Kier molecular flexibility index (Phi) is 6.32. The van der Waals surface area contributed by atoms with Crippen LogP contribution in [0.4, 0.5) is 11.4 Å². The molecule has 5 nitrogen and oxygen atoms in total. The minimum atomic E-state index is -3.63. The standard InChI is InChI=1S/C17H18Cl2N2O3S/c1-3-12-7-9-13(10-8-12)21(25(2,23)24)11-16(22)20-15-6-4-5-14(18)17(15)19/h4-10H,3,11H2,1-2H3,(H,20,22). The van der Waals surface area contributed by atoms with E-state index in [1.165, 1.54) is 0 Å². The van der Waals surface area contributed by atoms with Crippen LogP contribution in [0.1, 0.15) is 12.5 Å². The molecule has 0 aliphatic carbocycles. The zero-order valence-electron chi connectivity index (χ0n) is 13.8. The average Bonchev–Trinajstić information content (AvgIpc) is 2.56. The van der Waals surface area contributed by atoms with Crippen LogP contribution in [0.5, 0.6) is 0 Å². The maximum Gasteiger partial charge on any atom is 0.245 e. The van der Waals surface area contributed by atoms with Gasteiger partial charge in [0.05, 0.1) is 27.7 Å². The summed E-state index contributed by atoms with van der Waals surface area (Å²) in [7, 11) is -3.63. The fourth-order valence-corrected chi connectivity index (χ4v) is 3.42. The zero-order valence-corrected chi connectivity index (χ0v) is 16.1. The number of halogens is 2. The Morgan fingerprint density at radius 3 is 2.32 bits per heavy atom. The van der Waals surface area contributed by atoms with Gasteiger partial charge in [-0.1, -0.05) is 48.3 Å². The molecule has 2 aromatic rings. The van der Waals surface area contributed by atoms with E-state index in [1.54, 1.807) is 30.3 Å². The molecule has 0 aromatic heterocycles. The number of nitrogens with zero attached hydrogens (tertiary/aromatic N) is 1. The molecule has 8 heteroatoms. The average molecular weight is 401 g/mol. The number of anilines is 2. The number of rotatable bonds is 6. The van der Waals surface area contributed by atoms with Crippen molar-refractivity contribution in [1.29, 1.82) is 0 Å². The quantitative estimate of drug-likeness (QED) is 0.797. The third-order valence-corrected chi connectivity index (χ3v) is 5.51. The molecular formula is C17H18Cl2N2O3S. The van der Waals surface area contributed by atoms with Crippen LogP contribution in [0.15, 0.2) is 42.5 Å². The van der Waals surface area contributed by atoms with Gasteiger partial charge < -0.3 is 5.32 Å². The number of carbonyl (C=O) groups is 1. The highest BCUT2D eigenvalue weighted by molar-refractivity contribution is 7.92. The second-order valence-electron chi connectivity index (χ2n) is 5.44. The van der Waals surface area contributed by atoms with Crippen molar-refractivity contribution in [2.75, 3.05) is 22.4 Å². The zero-order chi connectivity index (χ0) is 18.6. The van der Waals surface area contributed by atoms with Crippen LogP contribution in [0, 0.1) is 0 Å². The van der Waals surface area contributed by atoms with Gasteiger partial charge in [0.1, 0.15) is 6.54 Å². The fraction of sp³-hybridized carbons (Fsp3) is 0.235. The summed E-state index contributed by atoms with van der Waals surface area (Å²) in [5.74, 6) is -0.519. The molecule has 0 atom stereocenters. The maximum absolute atomic E-state index is 12.3. The second kappa shape index (κ2) is 8.08. The molecule has 0 aliphatic rings. The van der Waals surface area contributed by atoms with Crippen LogP contribution in [0.25, 0.3) is 0 Å². The van der Waals surface area contributed by atoms with Crippen LogP contribution in [-0.2, 0) is 21.2 Å². The number of hydrogen-bond acceptors (Lipinski definition) is 3. The Balaban J connectivity index is 2.22. The van der Waals surface area contributed by atoms with Gasteiger partial charge in [-0.15, -0.1) is 0 Å². The molecule has 0 saturated carbocycles. The largest absolute Gasteiger partial charge is 0.323 e. The molecule has 0 spiro atoms.